The number of hydrogen-bond donors (Lipinski definition) is 1. The first-order valence-corrected chi connectivity index (χ1v) is 6.06. The molecule has 0 fully saturated rings. The van der Waals surface area contributed by atoms with Crippen molar-refractivity contribution in [1.82, 2.24) is 9.97 Å². The lowest BCUT2D eigenvalue weighted by Gasteiger charge is -1.96. The largest absolute Gasteiger partial charge is 0.455 e. The van der Waals surface area contributed by atoms with E-state index >= 15 is 0 Å². The van der Waals surface area contributed by atoms with E-state index in [1.165, 1.54) is 0 Å². The van der Waals surface area contributed by atoms with Gasteiger partial charge in [0.2, 0.25) is 0 Å². The smallest absolute Gasteiger partial charge is 0.151 e. The van der Waals surface area contributed by atoms with Gasteiger partial charge >= 0.3 is 0 Å². The summed E-state index contributed by atoms with van der Waals surface area (Å²) < 4.78 is 6.79. The van der Waals surface area contributed by atoms with Crippen molar-refractivity contribution in [3.8, 4) is 11.3 Å². The van der Waals surface area contributed by atoms with Crippen molar-refractivity contribution in [2.45, 2.75) is 0 Å². The van der Waals surface area contributed by atoms with E-state index in [0.717, 1.165) is 25.9 Å². The molecule has 3 aromatic rings. The van der Waals surface area contributed by atoms with Gasteiger partial charge in [-0.05, 0) is 34.7 Å². The Labute approximate surface area is 111 Å². The van der Waals surface area contributed by atoms with Crippen molar-refractivity contribution in [2.24, 2.45) is 0 Å². The van der Waals surface area contributed by atoms with Gasteiger partial charge < -0.3 is 10.2 Å². The monoisotopic (exact) mass is 337 g/mol. The van der Waals surface area contributed by atoms with Gasteiger partial charge in [0, 0.05) is 35.7 Å². The van der Waals surface area contributed by atoms with Gasteiger partial charge in [-0.15, -0.1) is 0 Å². The topological polar surface area (TPSA) is 64.9 Å². The summed E-state index contributed by atoms with van der Waals surface area (Å²) in [6.45, 7) is 0. The van der Waals surface area contributed by atoms with Crippen LogP contribution in [0.2, 0.25) is 0 Å². The van der Waals surface area contributed by atoms with Gasteiger partial charge in [0.25, 0.3) is 0 Å². The van der Waals surface area contributed by atoms with E-state index in [4.69, 9.17) is 10.2 Å². The fourth-order valence-electron chi connectivity index (χ4n) is 1.66. The summed E-state index contributed by atoms with van der Waals surface area (Å²) in [5.41, 5.74) is 8.04. The van der Waals surface area contributed by atoms with E-state index in [1.54, 1.807) is 24.8 Å². The molecule has 84 valence electrons. The highest BCUT2D eigenvalue weighted by Gasteiger charge is 2.09. The zero-order valence-electron chi connectivity index (χ0n) is 8.72. The Morgan fingerprint density at radius 1 is 1.06 bits per heavy atom. The van der Waals surface area contributed by atoms with E-state index in [-0.39, 0.29) is 0 Å². The molecule has 0 radical (unpaired) electrons. The third-order valence-corrected chi connectivity index (χ3v) is 3.19. The number of nitrogens with two attached hydrogens (primary N) is 1. The van der Waals surface area contributed by atoms with Crippen LogP contribution >= 0.6 is 22.6 Å². The van der Waals surface area contributed by atoms with E-state index in [0.29, 0.717) is 5.69 Å². The fourth-order valence-corrected chi connectivity index (χ4v) is 2.25. The molecule has 0 bridgehead atoms. The predicted molar refractivity (Wildman–Crippen MR) is 74.4 cm³/mol. The number of furan rings is 1. The minimum atomic E-state index is 0.621. The first-order chi connectivity index (χ1) is 8.24. The highest BCUT2D eigenvalue weighted by molar-refractivity contribution is 14.1. The van der Waals surface area contributed by atoms with Crippen LogP contribution in [0.5, 0.6) is 0 Å². The molecule has 17 heavy (non-hydrogen) atoms. The minimum Gasteiger partial charge on any atom is -0.455 e. The molecule has 0 atom stereocenters. The molecule has 0 saturated heterocycles. The molecule has 0 spiro atoms. The van der Waals surface area contributed by atoms with Crippen LogP contribution in [-0.2, 0) is 0 Å². The molecule has 0 aliphatic rings. The molecule has 0 unspecified atom stereocenters. The number of nitrogens with zero attached hydrogens (tertiary/aromatic N) is 2. The number of hydrogen-bond acceptors (Lipinski definition) is 4. The van der Waals surface area contributed by atoms with Crippen molar-refractivity contribution >= 4 is 39.2 Å². The van der Waals surface area contributed by atoms with Gasteiger partial charge in [0.15, 0.2) is 5.58 Å². The fraction of sp³-hybridized carbons (Fsp3) is 0. The molecular formula is C12H8IN3O. The standard InChI is InChI=1S/C12H8IN3O/c13-10-6-16-4-8-2-11(17-12(8)10)7-1-9(14)5-15-3-7/h1-6H,14H2. The van der Waals surface area contributed by atoms with Gasteiger partial charge in [0.05, 0.1) is 9.26 Å². The Bertz CT molecular complexity index is 693. The van der Waals surface area contributed by atoms with Crippen LogP contribution in [0.25, 0.3) is 22.3 Å². The average molecular weight is 337 g/mol. The maximum Gasteiger partial charge on any atom is 0.151 e. The first-order valence-electron chi connectivity index (χ1n) is 4.98. The van der Waals surface area contributed by atoms with Crippen LogP contribution in [0.1, 0.15) is 0 Å². The Hall–Kier alpha value is -1.63. The number of pyridine rings is 2. The molecule has 0 aromatic carbocycles. The first kappa shape index (κ1) is 10.5. The van der Waals surface area contributed by atoms with Crippen molar-refractivity contribution < 1.29 is 4.42 Å². The van der Waals surface area contributed by atoms with E-state index in [1.807, 2.05) is 12.1 Å². The number of aromatic nitrogens is 2. The van der Waals surface area contributed by atoms with E-state index in [2.05, 4.69) is 32.6 Å². The molecule has 3 heterocycles. The number of rotatable bonds is 1. The summed E-state index contributed by atoms with van der Waals surface area (Å²) in [4.78, 5) is 8.18. The Kier molecular flexibility index (Phi) is 2.47. The SMILES string of the molecule is Nc1cncc(-c2cc3cncc(I)c3o2)c1. The average Bonchev–Trinajstić information content (AvgIpc) is 2.74. The summed E-state index contributed by atoms with van der Waals surface area (Å²) in [5.74, 6) is 0.755. The van der Waals surface area contributed by atoms with Crippen LogP contribution in [-0.4, -0.2) is 9.97 Å². The number of halogens is 1. The number of anilines is 1. The molecule has 4 nitrogen and oxygen atoms in total. The highest BCUT2D eigenvalue weighted by Crippen LogP contribution is 2.29. The zero-order chi connectivity index (χ0) is 11.8. The van der Waals surface area contributed by atoms with Crippen LogP contribution in [0, 0.1) is 3.57 Å². The molecule has 0 saturated carbocycles. The molecule has 0 aliphatic carbocycles. The lowest BCUT2D eigenvalue weighted by Crippen LogP contribution is -1.86. The lowest BCUT2D eigenvalue weighted by molar-refractivity contribution is 0.628. The second-order valence-electron chi connectivity index (χ2n) is 3.66. The minimum absolute atomic E-state index is 0.621. The lowest BCUT2D eigenvalue weighted by atomic mass is 10.2. The molecular weight excluding hydrogens is 329 g/mol. The normalized spacial score (nSPS) is 10.9. The van der Waals surface area contributed by atoms with Crippen LogP contribution < -0.4 is 5.73 Å². The van der Waals surface area contributed by atoms with Gasteiger partial charge in [0.1, 0.15) is 5.76 Å². The summed E-state index contributed by atoms with van der Waals surface area (Å²) in [6, 6.07) is 3.78. The van der Waals surface area contributed by atoms with E-state index < -0.39 is 0 Å². The van der Waals surface area contributed by atoms with Gasteiger partial charge in [-0.25, -0.2) is 0 Å². The quantitative estimate of drug-likeness (QED) is 0.693. The summed E-state index contributed by atoms with van der Waals surface area (Å²) in [5, 5.41) is 0.981. The highest BCUT2D eigenvalue weighted by atomic mass is 127. The van der Waals surface area contributed by atoms with Gasteiger partial charge in [-0.3, -0.25) is 9.97 Å². The second-order valence-corrected chi connectivity index (χ2v) is 4.82. The Morgan fingerprint density at radius 2 is 1.88 bits per heavy atom. The van der Waals surface area contributed by atoms with Crippen molar-refractivity contribution in [3.63, 3.8) is 0 Å². The number of fused-ring (bicyclic) bond motifs is 1. The molecule has 0 amide bonds. The van der Waals surface area contributed by atoms with Crippen LogP contribution in [0.4, 0.5) is 5.69 Å². The van der Waals surface area contributed by atoms with Crippen molar-refractivity contribution in [1.29, 1.82) is 0 Å². The molecule has 3 aromatic heterocycles. The summed E-state index contributed by atoms with van der Waals surface area (Å²) in [7, 11) is 0. The van der Waals surface area contributed by atoms with Gasteiger partial charge in [-0.2, -0.15) is 0 Å². The third kappa shape index (κ3) is 1.86. The summed E-state index contributed by atoms with van der Waals surface area (Å²) >= 11 is 2.20. The maximum absolute atomic E-state index is 5.80. The maximum atomic E-state index is 5.80. The van der Waals surface area contributed by atoms with Crippen LogP contribution in [0.15, 0.2) is 41.3 Å². The Morgan fingerprint density at radius 3 is 2.65 bits per heavy atom. The number of nitrogen functional groups attached to an aromatic ring is 1. The van der Waals surface area contributed by atoms with E-state index in [9.17, 15) is 0 Å². The predicted octanol–water partition coefficient (Wildman–Crippen LogP) is 3.08. The zero-order valence-corrected chi connectivity index (χ0v) is 10.9. The summed E-state index contributed by atoms with van der Waals surface area (Å²) in [6.07, 6.45) is 6.89. The molecule has 5 heteroatoms. The second kappa shape index (κ2) is 3.99. The van der Waals surface area contributed by atoms with Crippen molar-refractivity contribution in [3.05, 3.63) is 40.5 Å². The van der Waals surface area contributed by atoms with Crippen molar-refractivity contribution in [2.75, 3.05) is 5.73 Å². The molecule has 3 rings (SSSR count). The van der Waals surface area contributed by atoms with Gasteiger partial charge in [-0.1, -0.05) is 0 Å². The molecule has 2 N–H and O–H groups in total. The Balaban J connectivity index is 2.22. The molecule has 0 aliphatic heterocycles. The van der Waals surface area contributed by atoms with Crippen LogP contribution in [0.3, 0.4) is 0 Å². The third-order valence-electron chi connectivity index (χ3n) is 2.42.